The molecule has 1 amide bonds. The van der Waals surface area contributed by atoms with Crippen molar-refractivity contribution >= 4 is 11.9 Å². The molecular weight excluding hydrogens is 244 g/mol. The summed E-state index contributed by atoms with van der Waals surface area (Å²) in [5.74, 6) is -0.0678. The lowest BCUT2D eigenvalue weighted by atomic mass is 10.1. The lowest BCUT2D eigenvalue weighted by Gasteiger charge is -2.05. The Kier molecular flexibility index (Phi) is 3.73. The molecule has 0 fully saturated rings. The maximum absolute atomic E-state index is 11.6. The number of hydrogen-bond donors (Lipinski definition) is 2. The van der Waals surface area contributed by atoms with Gasteiger partial charge in [-0.25, -0.2) is 9.67 Å². The second-order valence-electron chi connectivity index (χ2n) is 3.89. The Labute approximate surface area is 109 Å². The molecule has 1 aromatic carbocycles. The maximum atomic E-state index is 11.6. The highest BCUT2D eigenvalue weighted by Crippen LogP contribution is 2.03. The number of nitrogens with one attached hydrogen (secondary N) is 1. The molecular formula is C12H12N6O. The first-order chi connectivity index (χ1) is 9.17. The molecule has 0 bridgehead atoms. The van der Waals surface area contributed by atoms with Gasteiger partial charge in [-0.15, -0.1) is 5.10 Å². The van der Waals surface area contributed by atoms with E-state index in [2.05, 4.69) is 15.4 Å². The highest BCUT2D eigenvalue weighted by atomic mass is 16.2. The number of aromatic nitrogens is 3. The molecule has 0 saturated heterocycles. The molecule has 0 aliphatic heterocycles. The molecule has 1 aromatic heterocycles. The SMILES string of the molecule is N#Cc1cccc(CNC(=O)Cn2cnc(N)n2)c1. The summed E-state index contributed by atoms with van der Waals surface area (Å²) in [6.07, 6.45) is 1.39. The van der Waals surface area contributed by atoms with Gasteiger partial charge in [0.15, 0.2) is 0 Å². The van der Waals surface area contributed by atoms with Gasteiger partial charge in [0.1, 0.15) is 12.9 Å². The zero-order chi connectivity index (χ0) is 13.7. The molecule has 0 unspecified atom stereocenters. The van der Waals surface area contributed by atoms with Crippen LogP contribution in [0.25, 0.3) is 0 Å². The van der Waals surface area contributed by atoms with E-state index in [-0.39, 0.29) is 18.4 Å². The van der Waals surface area contributed by atoms with E-state index in [0.29, 0.717) is 12.1 Å². The van der Waals surface area contributed by atoms with Crippen LogP contribution in [0.4, 0.5) is 5.95 Å². The first-order valence-corrected chi connectivity index (χ1v) is 5.58. The van der Waals surface area contributed by atoms with Crippen molar-refractivity contribution < 1.29 is 4.79 Å². The number of rotatable bonds is 4. The molecule has 2 aromatic rings. The number of nitrogens with zero attached hydrogens (tertiary/aromatic N) is 4. The number of anilines is 1. The molecule has 0 aliphatic rings. The number of nitrogens with two attached hydrogens (primary N) is 1. The zero-order valence-electron chi connectivity index (χ0n) is 10.1. The largest absolute Gasteiger partial charge is 0.367 e. The third kappa shape index (κ3) is 3.54. The lowest BCUT2D eigenvalue weighted by Crippen LogP contribution is -2.27. The molecule has 2 rings (SSSR count). The van der Waals surface area contributed by atoms with Crippen molar-refractivity contribution in [3.05, 3.63) is 41.7 Å². The van der Waals surface area contributed by atoms with Crippen LogP contribution in [0.1, 0.15) is 11.1 Å². The normalized spacial score (nSPS) is 9.84. The van der Waals surface area contributed by atoms with Gasteiger partial charge in [0.25, 0.3) is 0 Å². The van der Waals surface area contributed by atoms with E-state index in [1.165, 1.54) is 11.0 Å². The van der Waals surface area contributed by atoms with Crippen molar-refractivity contribution in [2.75, 3.05) is 5.73 Å². The Morgan fingerprint density at radius 1 is 1.53 bits per heavy atom. The van der Waals surface area contributed by atoms with Crippen LogP contribution >= 0.6 is 0 Å². The summed E-state index contributed by atoms with van der Waals surface area (Å²) in [5, 5.41) is 15.3. The predicted molar refractivity (Wildman–Crippen MR) is 67.4 cm³/mol. The smallest absolute Gasteiger partial charge is 0.242 e. The summed E-state index contributed by atoms with van der Waals surface area (Å²) in [4.78, 5) is 15.4. The lowest BCUT2D eigenvalue weighted by molar-refractivity contribution is -0.122. The molecule has 0 spiro atoms. The van der Waals surface area contributed by atoms with Gasteiger partial charge < -0.3 is 11.1 Å². The van der Waals surface area contributed by atoms with E-state index >= 15 is 0 Å². The van der Waals surface area contributed by atoms with E-state index in [0.717, 1.165) is 5.56 Å². The molecule has 7 nitrogen and oxygen atoms in total. The highest BCUT2D eigenvalue weighted by molar-refractivity contribution is 5.75. The Bertz CT molecular complexity index is 627. The van der Waals surface area contributed by atoms with Crippen LogP contribution < -0.4 is 11.1 Å². The summed E-state index contributed by atoms with van der Waals surface area (Å²) >= 11 is 0. The number of nitriles is 1. The van der Waals surface area contributed by atoms with Crippen molar-refractivity contribution in [1.82, 2.24) is 20.1 Å². The minimum absolute atomic E-state index is 0.0577. The monoisotopic (exact) mass is 256 g/mol. The standard InChI is InChI=1S/C12H12N6O/c13-5-9-2-1-3-10(4-9)6-15-11(19)7-18-8-16-12(14)17-18/h1-4,8H,6-7H2,(H2,14,17)(H,15,19). The van der Waals surface area contributed by atoms with Gasteiger partial charge in [0, 0.05) is 6.54 Å². The molecule has 0 saturated carbocycles. The number of benzene rings is 1. The van der Waals surface area contributed by atoms with Crippen molar-refractivity contribution in [1.29, 1.82) is 5.26 Å². The van der Waals surface area contributed by atoms with Gasteiger partial charge in [-0.1, -0.05) is 12.1 Å². The molecule has 7 heteroatoms. The molecule has 1 heterocycles. The van der Waals surface area contributed by atoms with E-state index in [4.69, 9.17) is 11.0 Å². The van der Waals surface area contributed by atoms with Crippen LogP contribution in [0, 0.1) is 11.3 Å². The van der Waals surface area contributed by atoms with Crippen molar-refractivity contribution in [2.45, 2.75) is 13.1 Å². The van der Waals surface area contributed by atoms with Gasteiger partial charge in [0.2, 0.25) is 11.9 Å². The second-order valence-corrected chi connectivity index (χ2v) is 3.89. The minimum atomic E-state index is -0.202. The van der Waals surface area contributed by atoms with Crippen molar-refractivity contribution in [3.63, 3.8) is 0 Å². The summed E-state index contributed by atoms with van der Waals surface area (Å²) in [7, 11) is 0. The number of nitrogen functional groups attached to an aromatic ring is 1. The van der Waals surface area contributed by atoms with Crippen molar-refractivity contribution in [2.24, 2.45) is 0 Å². The topological polar surface area (TPSA) is 110 Å². The molecule has 0 radical (unpaired) electrons. The number of carbonyl (C=O) groups is 1. The minimum Gasteiger partial charge on any atom is -0.367 e. The molecule has 96 valence electrons. The third-order valence-electron chi connectivity index (χ3n) is 2.41. The second kappa shape index (κ2) is 5.64. The highest BCUT2D eigenvalue weighted by Gasteiger charge is 2.04. The van der Waals surface area contributed by atoms with Crippen LogP contribution in [0.2, 0.25) is 0 Å². The van der Waals surface area contributed by atoms with Crippen LogP contribution in [-0.2, 0) is 17.9 Å². The fourth-order valence-electron chi connectivity index (χ4n) is 1.54. The summed E-state index contributed by atoms with van der Waals surface area (Å²) in [6.45, 7) is 0.417. The van der Waals surface area contributed by atoms with Gasteiger partial charge in [-0.3, -0.25) is 4.79 Å². The molecule has 19 heavy (non-hydrogen) atoms. The third-order valence-corrected chi connectivity index (χ3v) is 2.41. The number of hydrogen-bond acceptors (Lipinski definition) is 5. The Balaban J connectivity index is 1.88. The van der Waals surface area contributed by atoms with Gasteiger partial charge >= 0.3 is 0 Å². The van der Waals surface area contributed by atoms with Crippen LogP contribution in [0.15, 0.2) is 30.6 Å². The molecule has 3 N–H and O–H groups in total. The zero-order valence-corrected chi connectivity index (χ0v) is 10.1. The molecule has 0 aliphatic carbocycles. The summed E-state index contributed by atoms with van der Waals surface area (Å²) < 4.78 is 1.36. The van der Waals surface area contributed by atoms with E-state index in [1.54, 1.807) is 18.2 Å². The van der Waals surface area contributed by atoms with Gasteiger partial charge in [-0.05, 0) is 17.7 Å². The van der Waals surface area contributed by atoms with Crippen LogP contribution in [-0.4, -0.2) is 20.7 Å². The first kappa shape index (κ1) is 12.6. The van der Waals surface area contributed by atoms with Crippen LogP contribution in [0.3, 0.4) is 0 Å². The maximum Gasteiger partial charge on any atom is 0.242 e. The van der Waals surface area contributed by atoms with Gasteiger partial charge in [0.05, 0.1) is 11.6 Å². The van der Waals surface area contributed by atoms with E-state index in [1.807, 2.05) is 12.1 Å². The van der Waals surface area contributed by atoms with E-state index < -0.39 is 0 Å². The Morgan fingerprint density at radius 3 is 3.05 bits per heavy atom. The Hall–Kier alpha value is -2.88. The van der Waals surface area contributed by atoms with E-state index in [9.17, 15) is 4.79 Å². The summed E-state index contributed by atoms with van der Waals surface area (Å²) in [6, 6.07) is 9.11. The molecule has 0 atom stereocenters. The summed E-state index contributed by atoms with van der Waals surface area (Å²) in [5.41, 5.74) is 6.78. The fourth-order valence-corrected chi connectivity index (χ4v) is 1.54. The fraction of sp³-hybridized carbons (Fsp3) is 0.167. The number of carbonyl (C=O) groups excluding carboxylic acids is 1. The predicted octanol–water partition coefficient (Wildman–Crippen LogP) is 0.0484. The van der Waals surface area contributed by atoms with Crippen LogP contribution in [0.5, 0.6) is 0 Å². The Morgan fingerprint density at radius 2 is 2.37 bits per heavy atom. The number of amides is 1. The van der Waals surface area contributed by atoms with Crippen molar-refractivity contribution in [3.8, 4) is 6.07 Å². The quantitative estimate of drug-likeness (QED) is 0.803. The van der Waals surface area contributed by atoms with Gasteiger partial charge in [-0.2, -0.15) is 5.26 Å². The average molecular weight is 256 g/mol. The average Bonchev–Trinajstić information content (AvgIpc) is 2.82. The first-order valence-electron chi connectivity index (χ1n) is 5.58.